The van der Waals surface area contributed by atoms with E-state index in [0.717, 1.165) is 59.5 Å². The van der Waals surface area contributed by atoms with Gasteiger partial charge in [0.25, 0.3) is 5.91 Å². The summed E-state index contributed by atoms with van der Waals surface area (Å²) in [6, 6.07) is 22.0. The molecule has 0 bridgehead atoms. The number of rotatable bonds is 8. The van der Waals surface area contributed by atoms with Crippen molar-refractivity contribution >= 4 is 22.2 Å². The first kappa shape index (κ1) is 20.4. The van der Waals surface area contributed by atoms with Crippen molar-refractivity contribution in [2.24, 2.45) is 0 Å². The average molecular weight is 423 g/mol. The lowest BCUT2D eigenvalue weighted by Crippen LogP contribution is -2.35. The van der Waals surface area contributed by atoms with Crippen LogP contribution in [0, 0.1) is 0 Å². The second-order valence-electron chi connectivity index (χ2n) is 7.07. The van der Waals surface area contributed by atoms with E-state index in [1.54, 1.807) is 11.3 Å². The van der Waals surface area contributed by atoms with Crippen LogP contribution >= 0.6 is 11.3 Å². The summed E-state index contributed by atoms with van der Waals surface area (Å²) in [5.74, 6) is 0.821. The maximum atomic E-state index is 12.8. The highest BCUT2D eigenvalue weighted by molar-refractivity contribution is 7.18. The number of ether oxygens (including phenoxy) is 2. The van der Waals surface area contributed by atoms with E-state index in [4.69, 9.17) is 9.47 Å². The van der Waals surface area contributed by atoms with Crippen molar-refractivity contribution in [3.05, 3.63) is 71.6 Å². The molecule has 1 aliphatic rings. The Morgan fingerprint density at radius 2 is 1.73 bits per heavy atom. The largest absolute Gasteiger partial charge is 0.494 e. The van der Waals surface area contributed by atoms with Crippen molar-refractivity contribution in [1.82, 2.24) is 5.32 Å². The number of morpholine rings is 1. The van der Waals surface area contributed by atoms with Crippen LogP contribution in [0.5, 0.6) is 5.75 Å². The second kappa shape index (κ2) is 10.3. The van der Waals surface area contributed by atoms with Crippen molar-refractivity contribution in [3.63, 3.8) is 0 Å². The topological polar surface area (TPSA) is 50.8 Å². The van der Waals surface area contributed by atoms with E-state index in [9.17, 15) is 4.79 Å². The predicted molar refractivity (Wildman–Crippen MR) is 122 cm³/mol. The van der Waals surface area contributed by atoms with Crippen molar-refractivity contribution in [1.29, 1.82) is 0 Å². The summed E-state index contributed by atoms with van der Waals surface area (Å²) in [7, 11) is 0. The van der Waals surface area contributed by atoms with Crippen LogP contribution in [-0.2, 0) is 4.74 Å². The molecule has 0 radical (unpaired) electrons. The molecule has 0 saturated carbocycles. The minimum Gasteiger partial charge on any atom is -0.494 e. The standard InChI is InChI=1S/C24H26N2O3S/c27-23(25-12-7-15-29-20-10-5-2-6-11-20)22-18-21(19-8-3-1-4-9-19)24(30-22)26-13-16-28-17-14-26/h1-6,8-11,18H,7,12-17H2,(H,25,27). The number of thiophene rings is 1. The SMILES string of the molecule is O=C(NCCCOc1ccccc1)c1cc(-c2ccccc2)c(N2CCOCC2)s1. The van der Waals surface area contributed by atoms with Gasteiger partial charge in [0, 0.05) is 25.2 Å². The highest BCUT2D eigenvalue weighted by atomic mass is 32.1. The van der Waals surface area contributed by atoms with Gasteiger partial charge in [-0.05, 0) is 30.2 Å². The Kier molecular flexibility index (Phi) is 7.00. The Bertz CT molecular complexity index is 938. The summed E-state index contributed by atoms with van der Waals surface area (Å²) in [5.41, 5.74) is 2.24. The van der Waals surface area contributed by atoms with Crippen molar-refractivity contribution in [2.45, 2.75) is 6.42 Å². The monoisotopic (exact) mass is 422 g/mol. The van der Waals surface area contributed by atoms with Crippen LogP contribution in [0.15, 0.2) is 66.7 Å². The number of benzene rings is 2. The fourth-order valence-corrected chi connectivity index (χ4v) is 4.54. The zero-order valence-electron chi connectivity index (χ0n) is 16.9. The lowest BCUT2D eigenvalue weighted by Gasteiger charge is -2.28. The van der Waals surface area contributed by atoms with Crippen molar-refractivity contribution < 1.29 is 14.3 Å². The lowest BCUT2D eigenvalue weighted by molar-refractivity contribution is 0.0955. The molecule has 4 rings (SSSR count). The van der Waals surface area contributed by atoms with Crippen LogP contribution in [-0.4, -0.2) is 45.4 Å². The number of carbonyl (C=O) groups excluding carboxylic acids is 1. The quantitative estimate of drug-likeness (QED) is 0.545. The molecular formula is C24H26N2O3S. The van der Waals surface area contributed by atoms with Crippen molar-refractivity contribution in [2.75, 3.05) is 44.4 Å². The number of nitrogens with one attached hydrogen (secondary N) is 1. The number of carbonyl (C=O) groups is 1. The molecule has 6 heteroatoms. The van der Waals surface area contributed by atoms with Gasteiger partial charge < -0.3 is 19.7 Å². The maximum absolute atomic E-state index is 12.8. The Hall–Kier alpha value is -2.83. The predicted octanol–water partition coefficient (Wildman–Crippen LogP) is 4.45. The zero-order chi connectivity index (χ0) is 20.6. The average Bonchev–Trinajstić information content (AvgIpc) is 3.26. The van der Waals surface area contributed by atoms with Gasteiger partial charge in [0.2, 0.25) is 0 Å². The Morgan fingerprint density at radius 3 is 2.47 bits per heavy atom. The molecule has 1 N–H and O–H groups in total. The highest BCUT2D eigenvalue weighted by Crippen LogP contribution is 2.39. The third kappa shape index (κ3) is 5.20. The van der Waals surface area contributed by atoms with Gasteiger partial charge >= 0.3 is 0 Å². The molecule has 5 nitrogen and oxygen atoms in total. The molecule has 1 aromatic heterocycles. The summed E-state index contributed by atoms with van der Waals surface area (Å²) in [6.45, 7) is 4.28. The van der Waals surface area contributed by atoms with Gasteiger partial charge in [-0.15, -0.1) is 11.3 Å². The van der Waals surface area contributed by atoms with Crippen LogP contribution in [0.4, 0.5) is 5.00 Å². The molecule has 0 aliphatic carbocycles. The smallest absolute Gasteiger partial charge is 0.261 e. The number of hydrogen-bond acceptors (Lipinski definition) is 5. The van der Waals surface area contributed by atoms with E-state index in [1.807, 2.05) is 54.6 Å². The third-order valence-corrected chi connectivity index (χ3v) is 6.13. The molecule has 1 saturated heterocycles. The van der Waals surface area contributed by atoms with Gasteiger partial charge in [-0.1, -0.05) is 48.5 Å². The molecule has 1 fully saturated rings. The maximum Gasteiger partial charge on any atom is 0.261 e. The summed E-state index contributed by atoms with van der Waals surface area (Å²) in [5, 5.41) is 4.17. The molecule has 2 heterocycles. The molecule has 0 atom stereocenters. The molecular weight excluding hydrogens is 396 g/mol. The first-order valence-corrected chi connectivity index (χ1v) is 11.1. The number of anilines is 1. The van der Waals surface area contributed by atoms with E-state index < -0.39 is 0 Å². The summed E-state index contributed by atoms with van der Waals surface area (Å²) in [6.07, 6.45) is 0.758. The Labute approximate surface area is 181 Å². The molecule has 30 heavy (non-hydrogen) atoms. The molecule has 0 spiro atoms. The van der Waals surface area contributed by atoms with Crippen LogP contribution in [0.2, 0.25) is 0 Å². The van der Waals surface area contributed by atoms with Crippen LogP contribution < -0.4 is 15.0 Å². The number of amides is 1. The summed E-state index contributed by atoms with van der Waals surface area (Å²) < 4.78 is 11.2. The Morgan fingerprint density at radius 1 is 1.03 bits per heavy atom. The van der Waals surface area contributed by atoms with Crippen LogP contribution in [0.25, 0.3) is 11.1 Å². The normalized spacial score (nSPS) is 13.8. The molecule has 0 unspecified atom stereocenters. The summed E-state index contributed by atoms with van der Waals surface area (Å²) >= 11 is 1.56. The van der Waals surface area contributed by atoms with Gasteiger partial charge in [-0.25, -0.2) is 0 Å². The number of nitrogens with zero attached hydrogens (tertiary/aromatic N) is 1. The number of hydrogen-bond donors (Lipinski definition) is 1. The second-order valence-corrected chi connectivity index (χ2v) is 8.10. The fourth-order valence-electron chi connectivity index (χ4n) is 3.39. The van der Waals surface area contributed by atoms with Gasteiger partial charge in [-0.3, -0.25) is 4.79 Å². The zero-order valence-corrected chi connectivity index (χ0v) is 17.7. The van der Waals surface area contributed by atoms with Gasteiger partial charge in [0.05, 0.1) is 29.7 Å². The molecule has 3 aromatic rings. The third-order valence-electron chi connectivity index (χ3n) is 4.94. The highest BCUT2D eigenvalue weighted by Gasteiger charge is 2.21. The van der Waals surface area contributed by atoms with Crippen LogP contribution in [0.3, 0.4) is 0 Å². The molecule has 2 aromatic carbocycles. The molecule has 1 aliphatic heterocycles. The van der Waals surface area contributed by atoms with Gasteiger partial charge in [0.1, 0.15) is 5.75 Å². The first-order valence-electron chi connectivity index (χ1n) is 10.3. The van der Waals surface area contributed by atoms with Crippen molar-refractivity contribution in [3.8, 4) is 16.9 Å². The van der Waals surface area contributed by atoms with E-state index >= 15 is 0 Å². The van der Waals surface area contributed by atoms with E-state index in [2.05, 4.69) is 22.3 Å². The Balaban J connectivity index is 1.39. The van der Waals surface area contributed by atoms with Gasteiger partial charge in [0.15, 0.2) is 0 Å². The van der Waals surface area contributed by atoms with Gasteiger partial charge in [-0.2, -0.15) is 0 Å². The summed E-state index contributed by atoms with van der Waals surface area (Å²) in [4.78, 5) is 15.8. The van der Waals surface area contributed by atoms with E-state index in [1.165, 1.54) is 0 Å². The molecule has 1 amide bonds. The van der Waals surface area contributed by atoms with E-state index in [-0.39, 0.29) is 5.91 Å². The molecule has 156 valence electrons. The minimum absolute atomic E-state index is 0.0311. The first-order chi connectivity index (χ1) is 14.8. The fraction of sp³-hybridized carbons (Fsp3) is 0.292. The lowest BCUT2D eigenvalue weighted by atomic mass is 10.1. The number of para-hydroxylation sites is 1. The van der Waals surface area contributed by atoms with Crippen LogP contribution in [0.1, 0.15) is 16.1 Å². The van der Waals surface area contributed by atoms with E-state index in [0.29, 0.717) is 13.2 Å². The minimum atomic E-state index is -0.0311.